The number of carboxylic acids is 1. The Morgan fingerprint density at radius 3 is 1.77 bits per heavy atom. The van der Waals surface area contributed by atoms with Crippen LogP contribution in [0.4, 0.5) is 0 Å². The molecule has 0 N–H and O–H groups in total. The standard InChI is InChI=1S/C13H18O3.C12H8N2.Cu/c1-7(2)9-5-10(8(3)4)12(14)11(6-9)13(15)16;1-3-9-5-6-10-4-2-8-14-12(10)11(9)13-7-1;/h5-8,14H,1-4H3,(H,15,16);1-8H;/q;;+2/p-2. The molecule has 0 unspecified atom stereocenters. The van der Waals surface area contributed by atoms with Crippen LogP contribution >= 0.6 is 0 Å². The van der Waals surface area contributed by atoms with E-state index in [1.165, 1.54) is 6.07 Å². The van der Waals surface area contributed by atoms with Gasteiger partial charge in [-0.1, -0.05) is 75.4 Å². The monoisotopic (exact) mass is 463 g/mol. The molecular weight excluding hydrogens is 440 g/mol. The predicted octanol–water partition coefficient (Wildman–Crippen LogP) is 4.15. The molecule has 0 bridgehead atoms. The zero-order valence-electron chi connectivity index (χ0n) is 17.8. The van der Waals surface area contributed by atoms with Crippen LogP contribution in [0.15, 0.2) is 60.9 Å². The molecule has 2 aromatic carbocycles. The third kappa shape index (κ3) is 5.40. The third-order valence-corrected chi connectivity index (χ3v) is 4.99. The van der Waals surface area contributed by atoms with Gasteiger partial charge in [0.15, 0.2) is 0 Å². The summed E-state index contributed by atoms with van der Waals surface area (Å²) in [6.07, 6.45) is 3.60. The number of carboxylic acid groups (broad SMARTS) is 1. The molecule has 0 aliphatic rings. The molecule has 4 rings (SSSR count). The number of nitrogens with zero attached hydrogens (tertiary/aromatic N) is 2. The van der Waals surface area contributed by atoms with Gasteiger partial charge in [-0.25, -0.2) is 0 Å². The number of carbonyl (C=O) groups is 1. The van der Waals surface area contributed by atoms with Crippen molar-refractivity contribution in [2.24, 2.45) is 0 Å². The van der Waals surface area contributed by atoms with E-state index in [1.54, 1.807) is 18.5 Å². The molecular formula is C25H24CuN2O3. The maximum Gasteiger partial charge on any atom is 2.00 e. The molecule has 1 radical (unpaired) electrons. The average molecular weight is 464 g/mol. The van der Waals surface area contributed by atoms with Crippen molar-refractivity contribution in [3.05, 3.63) is 77.6 Å². The predicted molar refractivity (Wildman–Crippen MR) is 115 cm³/mol. The van der Waals surface area contributed by atoms with E-state index in [-0.39, 0.29) is 34.5 Å². The molecule has 0 spiro atoms. The van der Waals surface area contributed by atoms with Crippen LogP contribution in [0.1, 0.15) is 61.0 Å². The van der Waals surface area contributed by atoms with Gasteiger partial charge in [-0.15, -0.1) is 0 Å². The summed E-state index contributed by atoms with van der Waals surface area (Å²) in [7, 11) is 0. The van der Waals surface area contributed by atoms with Crippen LogP contribution in [-0.4, -0.2) is 15.9 Å². The van der Waals surface area contributed by atoms with E-state index < -0.39 is 11.7 Å². The van der Waals surface area contributed by atoms with Gasteiger partial charge in [0.2, 0.25) is 0 Å². The van der Waals surface area contributed by atoms with Crippen LogP contribution in [0, 0.1) is 0 Å². The number of aromatic carboxylic acids is 1. The fourth-order valence-electron chi connectivity index (χ4n) is 3.27. The molecule has 5 nitrogen and oxygen atoms in total. The third-order valence-electron chi connectivity index (χ3n) is 4.99. The summed E-state index contributed by atoms with van der Waals surface area (Å²) in [5.41, 5.74) is 3.14. The molecule has 2 heterocycles. The van der Waals surface area contributed by atoms with Crippen LogP contribution in [0.25, 0.3) is 21.8 Å². The number of hydrogen-bond acceptors (Lipinski definition) is 5. The zero-order chi connectivity index (χ0) is 21.8. The number of fused-ring (bicyclic) bond motifs is 3. The zero-order valence-corrected chi connectivity index (χ0v) is 18.8. The molecule has 6 heteroatoms. The summed E-state index contributed by atoms with van der Waals surface area (Å²) >= 11 is 0. The maximum atomic E-state index is 11.8. The summed E-state index contributed by atoms with van der Waals surface area (Å²) in [6.45, 7) is 7.67. The fraction of sp³-hybridized carbons (Fsp3) is 0.240. The number of pyridine rings is 2. The summed E-state index contributed by atoms with van der Waals surface area (Å²) in [5, 5.41) is 24.9. The minimum Gasteiger partial charge on any atom is -0.872 e. The Morgan fingerprint density at radius 1 is 0.839 bits per heavy atom. The minimum atomic E-state index is -1.39. The Balaban J connectivity index is 0.000000214. The van der Waals surface area contributed by atoms with E-state index >= 15 is 0 Å². The van der Waals surface area contributed by atoms with Gasteiger partial charge in [0, 0.05) is 23.2 Å². The Morgan fingerprint density at radius 2 is 1.35 bits per heavy atom. The smallest absolute Gasteiger partial charge is 0.872 e. The van der Waals surface area contributed by atoms with Crippen molar-refractivity contribution in [1.82, 2.24) is 9.97 Å². The number of rotatable bonds is 3. The molecule has 0 aliphatic carbocycles. The SMILES string of the molecule is CC(C)c1cc(C(=O)[O-])c([O-])c(C(C)C)c1.[Cu+2].c1cnc2c(c1)ccc1cccnc12. The molecule has 0 amide bonds. The van der Waals surface area contributed by atoms with Crippen LogP contribution in [0.2, 0.25) is 0 Å². The normalized spacial score (nSPS) is 10.6. The fourth-order valence-corrected chi connectivity index (χ4v) is 3.27. The van der Waals surface area contributed by atoms with Crippen molar-refractivity contribution < 1.29 is 32.1 Å². The second-order valence-electron chi connectivity index (χ2n) is 7.80. The Labute approximate surface area is 192 Å². The number of hydrogen-bond donors (Lipinski definition) is 0. The first-order chi connectivity index (χ1) is 14.3. The van der Waals surface area contributed by atoms with Crippen molar-refractivity contribution in [3.63, 3.8) is 0 Å². The van der Waals surface area contributed by atoms with Gasteiger partial charge < -0.3 is 15.0 Å². The first-order valence-electron chi connectivity index (χ1n) is 9.94. The Hall–Kier alpha value is -2.95. The van der Waals surface area contributed by atoms with Gasteiger partial charge in [0.1, 0.15) is 0 Å². The summed E-state index contributed by atoms with van der Waals surface area (Å²) in [4.78, 5) is 19.6. The molecule has 0 fully saturated rings. The van der Waals surface area contributed by atoms with E-state index in [1.807, 2.05) is 39.8 Å². The van der Waals surface area contributed by atoms with Crippen molar-refractivity contribution in [1.29, 1.82) is 0 Å². The molecule has 0 aliphatic heterocycles. The molecule has 0 saturated carbocycles. The molecule has 2 aromatic heterocycles. The first kappa shape index (κ1) is 24.3. The maximum absolute atomic E-state index is 11.8. The summed E-state index contributed by atoms with van der Waals surface area (Å²) < 4.78 is 0. The minimum absolute atomic E-state index is 0. The summed E-state index contributed by atoms with van der Waals surface area (Å²) in [5.74, 6) is -1.60. The molecule has 0 saturated heterocycles. The number of benzene rings is 2. The van der Waals surface area contributed by atoms with Crippen molar-refractivity contribution in [3.8, 4) is 5.75 Å². The van der Waals surface area contributed by atoms with Crippen LogP contribution in [0.5, 0.6) is 5.75 Å². The molecule has 0 atom stereocenters. The van der Waals surface area contributed by atoms with Crippen molar-refractivity contribution in [2.45, 2.75) is 39.5 Å². The topological polar surface area (TPSA) is 89.0 Å². The Bertz CT molecular complexity index is 1150. The van der Waals surface area contributed by atoms with E-state index in [9.17, 15) is 15.0 Å². The van der Waals surface area contributed by atoms with Crippen LogP contribution < -0.4 is 10.2 Å². The van der Waals surface area contributed by atoms with E-state index in [4.69, 9.17) is 0 Å². The Kier molecular flexibility index (Phi) is 8.14. The quantitative estimate of drug-likeness (QED) is 0.336. The van der Waals surface area contributed by atoms with Gasteiger partial charge in [-0.2, -0.15) is 0 Å². The second kappa shape index (κ2) is 10.4. The largest absolute Gasteiger partial charge is 2.00 e. The van der Waals surface area contributed by atoms with Gasteiger partial charge in [-0.3, -0.25) is 9.97 Å². The van der Waals surface area contributed by atoms with E-state index in [0.29, 0.717) is 5.56 Å². The summed E-state index contributed by atoms with van der Waals surface area (Å²) in [6, 6.07) is 15.4. The van der Waals surface area contributed by atoms with Gasteiger partial charge in [0.25, 0.3) is 0 Å². The van der Waals surface area contributed by atoms with Crippen LogP contribution in [0.3, 0.4) is 0 Å². The van der Waals surface area contributed by atoms with Gasteiger partial charge >= 0.3 is 17.1 Å². The van der Waals surface area contributed by atoms with E-state index in [0.717, 1.165) is 27.4 Å². The van der Waals surface area contributed by atoms with E-state index in [2.05, 4.69) is 34.2 Å². The van der Waals surface area contributed by atoms with Gasteiger partial charge in [0.05, 0.1) is 17.0 Å². The molecule has 31 heavy (non-hydrogen) atoms. The number of aromatic nitrogens is 2. The average Bonchev–Trinajstić information content (AvgIpc) is 2.73. The first-order valence-corrected chi connectivity index (χ1v) is 9.94. The second-order valence-corrected chi connectivity index (χ2v) is 7.80. The molecule has 163 valence electrons. The van der Waals surface area contributed by atoms with Gasteiger partial charge in [-0.05, 0) is 35.1 Å². The number of carbonyl (C=O) groups excluding carboxylic acids is 1. The molecule has 4 aromatic rings. The van der Waals surface area contributed by atoms with Crippen molar-refractivity contribution in [2.75, 3.05) is 0 Å². The van der Waals surface area contributed by atoms with Crippen molar-refractivity contribution >= 4 is 27.8 Å². The van der Waals surface area contributed by atoms with Crippen LogP contribution in [-0.2, 0) is 17.1 Å².